The van der Waals surface area contributed by atoms with Crippen LogP contribution in [0.3, 0.4) is 0 Å². The smallest absolute Gasteiger partial charge is 0.305 e. The summed E-state index contributed by atoms with van der Waals surface area (Å²) >= 11 is 4.76. The van der Waals surface area contributed by atoms with E-state index in [4.69, 9.17) is 59.2 Å². The van der Waals surface area contributed by atoms with E-state index in [-0.39, 0.29) is 127 Å². The number of β-amino-alcohol motifs (C(OH)–C–C–N with tert-alkyl or cyclic N) is 3. The van der Waals surface area contributed by atoms with Crippen molar-refractivity contribution in [3.8, 4) is 31.3 Å². The molecule has 6 aromatic rings. The molecule has 3 aliphatic heterocycles. The number of ether oxygens (including phenoxy) is 9. The van der Waals surface area contributed by atoms with Crippen LogP contribution in [0.15, 0.2) is 89.3 Å². The maximum absolute atomic E-state index is 13.7. The molecular formula is C95H145N13O22S3. The second-order valence-corrected chi connectivity index (χ2v) is 38.3. The van der Waals surface area contributed by atoms with E-state index in [2.05, 4.69) is 48.5 Å². The summed E-state index contributed by atoms with van der Waals surface area (Å²) in [4.78, 5) is 136. The van der Waals surface area contributed by atoms with Crippen molar-refractivity contribution >= 4 is 87.2 Å². The van der Waals surface area contributed by atoms with Gasteiger partial charge in [-0.05, 0) is 83.2 Å². The first kappa shape index (κ1) is 113. The van der Waals surface area contributed by atoms with Crippen molar-refractivity contribution in [1.29, 1.82) is 0 Å². The molecule has 0 aliphatic carbocycles. The van der Waals surface area contributed by atoms with Gasteiger partial charge in [0.1, 0.15) is 30.2 Å². The van der Waals surface area contributed by atoms with Gasteiger partial charge >= 0.3 is 5.97 Å². The van der Waals surface area contributed by atoms with Crippen molar-refractivity contribution in [2.45, 2.75) is 222 Å². The van der Waals surface area contributed by atoms with E-state index in [9.17, 15) is 58.5 Å². The molecule has 740 valence electrons. The van der Waals surface area contributed by atoms with E-state index < -0.39 is 88.6 Å². The summed E-state index contributed by atoms with van der Waals surface area (Å²) in [5.41, 5.74) is 24.2. The fraction of sp³-hybridized carbons (Fsp3) is 0.621. The molecule has 6 heterocycles. The van der Waals surface area contributed by atoms with E-state index in [1.165, 1.54) is 14.7 Å². The Kier molecular flexibility index (Phi) is 50.3. The Morgan fingerprint density at radius 1 is 0.398 bits per heavy atom. The largest absolute Gasteiger partial charge is 0.481 e. The molecule has 13 N–H and O–H groups in total. The monoisotopic (exact) mass is 1920 g/mol. The molecule has 3 aliphatic rings. The molecule has 3 fully saturated rings. The average Bonchev–Trinajstić information content (AvgIpc) is 1.68. The highest BCUT2D eigenvalue weighted by Crippen LogP contribution is 2.33. The Labute approximate surface area is 794 Å². The zero-order chi connectivity index (χ0) is 97.6. The van der Waals surface area contributed by atoms with Crippen molar-refractivity contribution in [1.82, 2.24) is 56.2 Å². The van der Waals surface area contributed by atoms with Gasteiger partial charge in [0.05, 0.1) is 185 Å². The lowest BCUT2D eigenvalue weighted by Crippen LogP contribution is -2.57. The molecule has 0 unspecified atom stereocenters. The van der Waals surface area contributed by atoms with Crippen LogP contribution in [0, 0.1) is 37.0 Å². The second-order valence-electron chi connectivity index (χ2n) is 35.8. The molecule has 0 saturated carbocycles. The van der Waals surface area contributed by atoms with Crippen LogP contribution in [0.1, 0.15) is 161 Å². The van der Waals surface area contributed by atoms with Gasteiger partial charge in [-0.15, -0.1) is 34.0 Å². The number of hydrogen-bond acceptors (Lipinski definition) is 29. The number of thiazole rings is 3. The predicted octanol–water partition coefficient (Wildman–Crippen LogP) is 7.69. The van der Waals surface area contributed by atoms with Gasteiger partial charge in [-0.3, -0.25) is 43.2 Å². The molecular weight excluding hydrogens is 1770 g/mol. The number of aliphatic hydroxyl groups excluding tert-OH is 3. The number of nitrogens with one attached hydrogen (secondary N) is 5. The van der Waals surface area contributed by atoms with Crippen molar-refractivity contribution in [2.75, 3.05) is 145 Å². The van der Waals surface area contributed by atoms with Gasteiger partial charge in [-0.25, -0.2) is 15.0 Å². The number of nitrogens with zero attached hydrogens (tertiary/aromatic N) is 6. The van der Waals surface area contributed by atoms with Crippen LogP contribution in [-0.2, 0) is 105 Å². The molecule has 9 atom stereocenters. The zero-order valence-electron chi connectivity index (χ0n) is 79.9. The molecule has 0 spiro atoms. The summed E-state index contributed by atoms with van der Waals surface area (Å²) in [7, 11) is 0. The van der Waals surface area contributed by atoms with E-state index in [1.54, 1.807) is 34.0 Å². The van der Waals surface area contributed by atoms with E-state index in [1.807, 2.05) is 179 Å². The zero-order valence-corrected chi connectivity index (χ0v) is 82.3. The number of carbonyl (C=O) groups excluding carboxylic acids is 8. The number of likely N-dealkylation sites (tertiary alicyclic amines) is 3. The number of carboxylic acids is 1. The Balaban J connectivity index is 0.000000288. The van der Waals surface area contributed by atoms with E-state index in [0.717, 1.165) is 84.5 Å². The third-order valence-electron chi connectivity index (χ3n) is 21.5. The number of aliphatic carboxylic acids is 1. The molecule has 8 amide bonds. The highest BCUT2D eigenvalue weighted by Gasteiger charge is 2.47. The lowest BCUT2D eigenvalue weighted by atomic mass is 9.85. The molecule has 0 bridgehead atoms. The van der Waals surface area contributed by atoms with Crippen LogP contribution in [0.25, 0.3) is 31.3 Å². The number of benzene rings is 3. The molecule has 133 heavy (non-hydrogen) atoms. The summed E-state index contributed by atoms with van der Waals surface area (Å²) < 4.78 is 47.8. The van der Waals surface area contributed by atoms with Crippen molar-refractivity contribution in [2.24, 2.45) is 27.7 Å². The van der Waals surface area contributed by atoms with Gasteiger partial charge in [0.25, 0.3) is 0 Å². The summed E-state index contributed by atoms with van der Waals surface area (Å²) in [6.45, 7) is 36.3. The number of aromatic nitrogens is 3. The average molecular weight is 1920 g/mol. The predicted molar refractivity (Wildman–Crippen MR) is 509 cm³/mol. The highest BCUT2D eigenvalue weighted by molar-refractivity contribution is 7.14. The molecule has 38 heteroatoms. The van der Waals surface area contributed by atoms with Crippen molar-refractivity contribution in [3.63, 3.8) is 0 Å². The molecule has 0 radical (unpaired) electrons. The van der Waals surface area contributed by atoms with Crippen LogP contribution in [0.2, 0.25) is 0 Å². The molecule has 3 aromatic heterocycles. The number of rotatable bonds is 50. The normalized spacial score (nSPS) is 17.3. The minimum Gasteiger partial charge on any atom is -0.481 e. The van der Waals surface area contributed by atoms with Crippen molar-refractivity contribution < 1.29 is 106 Å². The lowest BCUT2D eigenvalue weighted by Gasteiger charge is -2.35. The third kappa shape index (κ3) is 40.2. The first-order valence-corrected chi connectivity index (χ1v) is 48.2. The van der Waals surface area contributed by atoms with Gasteiger partial charge < -0.3 is 116 Å². The number of aliphatic hydroxyl groups is 3. The molecule has 3 saturated heterocycles. The fourth-order valence-corrected chi connectivity index (χ4v) is 16.5. The fourth-order valence-electron chi connectivity index (χ4n) is 14.0. The Bertz CT molecular complexity index is 4280. The maximum atomic E-state index is 13.7. The van der Waals surface area contributed by atoms with E-state index >= 15 is 0 Å². The summed E-state index contributed by atoms with van der Waals surface area (Å²) in [6, 6.07) is 18.8. The van der Waals surface area contributed by atoms with Gasteiger partial charge in [0.15, 0.2) is 0 Å². The van der Waals surface area contributed by atoms with Crippen LogP contribution < -0.4 is 38.1 Å². The van der Waals surface area contributed by atoms with Crippen LogP contribution in [0.4, 0.5) is 0 Å². The number of aryl methyl sites for hydroxylation is 3. The molecule has 3 aromatic carbocycles. The number of carbonyl (C=O) groups is 9. The standard InChI is InChI=1S/C32H48N4O7S.C31H47N5O7S.C22H30N4O3S.C10H20O5/c1-6-12-41-14-16-43-17-15-42-13-11-27(38)35-29(32(3,4)5)31(40)36-20-25(37)18-26(36)30(39)33-19-23-7-9-24(10-8-23)28-22(2)34-21-44-28;1-21-27(44-20-34-21)23-7-5-22(6-8-23)18-33-29(39)25-17-24(37)19-36(25)30(40)28(31(2,3)4)35-26(38)9-11-41-13-15-43-16-14-42-12-10-32;1-13-18(30-12-25-13)15-7-5-14(6-8-15)10-24-20(28)17-9-16(27)11-26(17)21(29)19(23)22(2,3)4;1-2-4-13-6-8-15-9-7-14-5-3-10(11)12/h7-10,21,25-26,29,37H,6,11-20H2,1-5H3,(H,33,39)(H,35,38);5-8,20,24-25,28,37H,9-19,32H2,1-4H3,(H,33,39)(H,35,38);5-8,12,16-17,19,27H,9-11,23H2,1-4H3,(H,24,28);2-9H2,1H3,(H,11,12)/t25-,26+,29-;24-,25+,28-;16-,17+,19-;/m111./s1. The Hall–Kier alpha value is -8.78. The number of carboxylic acid groups (broad SMARTS) is 1. The summed E-state index contributed by atoms with van der Waals surface area (Å²) in [5.74, 6) is -3.58. The topological polar surface area (TPSA) is 478 Å². The minimum atomic E-state index is -0.893. The van der Waals surface area contributed by atoms with Gasteiger partial charge in [0.2, 0.25) is 47.3 Å². The van der Waals surface area contributed by atoms with Crippen LogP contribution in [-0.4, -0.2) is 303 Å². The lowest BCUT2D eigenvalue weighted by molar-refractivity contribution is -0.144. The van der Waals surface area contributed by atoms with E-state index in [0.29, 0.717) is 106 Å². The first-order chi connectivity index (χ1) is 63.4. The number of hydrogen-bond donors (Lipinski definition) is 11. The van der Waals surface area contributed by atoms with Gasteiger partial charge in [-0.2, -0.15) is 0 Å². The molecule has 35 nitrogen and oxygen atoms in total. The summed E-state index contributed by atoms with van der Waals surface area (Å²) in [6.07, 6.45) is 0.245. The van der Waals surface area contributed by atoms with Crippen LogP contribution in [0.5, 0.6) is 0 Å². The Morgan fingerprint density at radius 2 is 0.662 bits per heavy atom. The quantitative estimate of drug-likeness (QED) is 0.0163. The van der Waals surface area contributed by atoms with Crippen LogP contribution >= 0.6 is 34.0 Å². The van der Waals surface area contributed by atoms with Gasteiger partial charge in [-0.1, -0.05) is 149 Å². The Morgan fingerprint density at radius 3 is 0.910 bits per heavy atom. The number of nitrogens with two attached hydrogens (primary N) is 2. The third-order valence-corrected chi connectivity index (χ3v) is 24.4. The minimum absolute atomic E-state index is 0.0165. The maximum Gasteiger partial charge on any atom is 0.305 e. The number of amides is 8. The second kappa shape index (κ2) is 59.3. The first-order valence-electron chi connectivity index (χ1n) is 45.6. The summed E-state index contributed by atoms with van der Waals surface area (Å²) in [5, 5.41) is 53.6. The SMILES string of the molecule is CCCOCCOCCOCCC(=O)N[C@H](C(=O)N1C[C@H](O)C[C@H]1C(=O)NCc1ccc(-c2scnc2C)cc1)C(C)(C)C.CCCOCCOCCOCCC(=O)O.Cc1ncsc1-c1ccc(CNC(=O)[C@@H]2C[C@@H](O)CN2C(=O)[C@@H](N)C(C)(C)C)cc1.Cc1ncsc1-c1ccc(CNC(=O)[C@@H]2C[C@@H](O)CN2C(=O)[C@@H](NC(=O)CCOCCOCCOCCN)C(C)(C)C)cc1. The van der Waals surface area contributed by atoms with Crippen molar-refractivity contribution in [3.05, 3.63) is 123 Å². The highest BCUT2D eigenvalue weighted by atomic mass is 32.1. The molecule has 9 rings (SSSR count). The van der Waals surface area contributed by atoms with Gasteiger partial charge in [0, 0.05) is 91.1 Å².